The molecule has 1 heterocycles. The molecule has 1 aromatic heterocycles. The van der Waals surface area contributed by atoms with Crippen LogP contribution in [0.5, 0.6) is 0 Å². The van der Waals surface area contributed by atoms with Gasteiger partial charge < -0.3 is 4.74 Å². The Morgan fingerprint density at radius 3 is 2.83 bits per heavy atom. The van der Waals surface area contributed by atoms with E-state index in [1.807, 2.05) is 6.92 Å². The molecule has 0 atom stereocenters. The minimum atomic E-state index is -0.344. The molecule has 0 spiro atoms. The Morgan fingerprint density at radius 2 is 2.42 bits per heavy atom. The Labute approximate surface area is 74.4 Å². The monoisotopic (exact) mass is 187 g/mol. The van der Waals surface area contributed by atoms with Crippen LogP contribution in [-0.2, 0) is 4.74 Å². The number of ether oxygens (including phenoxy) is 1. The van der Waals surface area contributed by atoms with Crippen molar-refractivity contribution in [2.45, 2.75) is 13.8 Å². The molecule has 0 radical (unpaired) electrons. The Hall–Kier alpha value is -1.10. The summed E-state index contributed by atoms with van der Waals surface area (Å²) >= 11 is 1.34. The van der Waals surface area contributed by atoms with Crippen LogP contribution in [0.2, 0.25) is 0 Å². The Balaban J connectivity index is 2.87. The number of thiazole rings is 1. The van der Waals surface area contributed by atoms with Crippen molar-refractivity contribution >= 4 is 22.4 Å². The molecule has 0 fully saturated rings. The van der Waals surface area contributed by atoms with Crippen LogP contribution in [0.15, 0.2) is 0 Å². The number of nitrogen functional groups attached to an aromatic ring is 1. The maximum absolute atomic E-state index is 11.2. The fraction of sp³-hybridized carbons (Fsp3) is 0.429. The second-order valence-corrected chi connectivity index (χ2v) is 3.50. The highest BCUT2D eigenvalue weighted by atomic mass is 32.1. The van der Waals surface area contributed by atoms with Gasteiger partial charge in [-0.25, -0.2) is 9.78 Å². The first-order chi connectivity index (χ1) is 5.65. The van der Waals surface area contributed by atoms with Crippen molar-refractivity contribution < 1.29 is 14.5 Å². The lowest BCUT2D eigenvalue weighted by atomic mass is 10.4. The smallest absolute Gasteiger partial charge is 0.379 e. The number of aryl methyl sites for hydroxylation is 1. The number of hydrogen-bond acceptors (Lipinski definition) is 4. The van der Waals surface area contributed by atoms with E-state index in [0.29, 0.717) is 17.4 Å². The molecule has 0 bridgehead atoms. The van der Waals surface area contributed by atoms with Gasteiger partial charge in [-0.15, -0.1) is 0 Å². The second kappa shape index (κ2) is 3.53. The fourth-order valence-corrected chi connectivity index (χ4v) is 1.57. The van der Waals surface area contributed by atoms with Crippen molar-refractivity contribution in [1.82, 2.24) is 0 Å². The molecule has 0 aliphatic rings. The largest absolute Gasteiger partial charge is 0.460 e. The van der Waals surface area contributed by atoms with Crippen molar-refractivity contribution in [3.8, 4) is 0 Å². The molecule has 4 nitrogen and oxygen atoms in total. The molecule has 5 heteroatoms. The van der Waals surface area contributed by atoms with Gasteiger partial charge in [0.25, 0.3) is 0 Å². The molecule has 0 saturated carbocycles. The van der Waals surface area contributed by atoms with E-state index >= 15 is 0 Å². The summed E-state index contributed by atoms with van der Waals surface area (Å²) in [6.45, 7) is 3.97. The van der Waals surface area contributed by atoms with E-state index in [1.165, 1.54) is 11.3 Å². The summed E-state index contributed by atoms with van der Waals surface area (Å²) in [6, 6.07) is 0. The molecular formula is C7H11N2O2S+. The number of rotatable bonds is 2. The van der Waals surface area contributed by atoms with Crippen molar-refractivity contribution in [1.29, 1.82) is 0 Å². The lowest BCUT2D eigenvalue weighted by Crippen LogP contribution is -2.18. The standard InChI is InChI=1S/C7H10N2O2S/c1-3-11-6(10)5-4(2)12-7(8)9-5/h3H2,1-2H3,(H2,8,9)/p+1. The van der Waals surface area contributed by atoms with Gasteiger partial charge in [0.15, 0.2) is 0 Å². The van der Waals surface area contributed by atoms with Crippen LogP contribution in [0.1, 0.15) is 22.3 Å². The molecule has 1 rings (SSSR count). The average molecular weight is 187 g/mol. The zero-order valence-corrected chi connectivity index (χ0v) is 7.83. The maximum Gasteiger partial charge on any atom is 0.379 e. The van der Waals surface area contributed by atoms with E-state index in [-0.39, 0.29) is 5.97 Å². The quantitative estimate of drug-likeness (QED) is 0.690. The number of esters is 1. The summed E-state index contributed by atoms with van der Waals surface area (Å²) in [7, 11) is 0. The van der Waals surface area contributed by atoms with E-state index in [1.54, 1.807) is 6.92 Å². The van der Waals surface area contributed by atoms with Gasteiger partial charge in [0, 0.05) is 0 Å². The molecule has 0 amide bonds. The molecule has 0 saturated heterocycles. The van der Waals surface area contributed by atoms with E-state index < -0.39 is 0 Å². The predicted molar refractivity (Wildman–Crippen MR) is 46.0 cm³/mol. The van der Waals surface area contributed by atoms with Crippen LogP contribution in [-0.4, -0.2) is 12.6 Å². The average Bonchev–Trinajstić information content (AvgIpc) is 2.30. The predicted octanol–water partition coefficient (Wildman–Crippen LogP) is 0.630. The molecule has 0 unspecified atom stereocenters. The molecule has 0 aliphatic carbocycles. The molecule has 0 aliphatic heterocycles. The number of nitrogens with two attached hydrogens (primary N) is 1. The molecule has 66 valence electrons. The third kappa shape index (κ3) is 1.73. The third-order valence-corrected chi connectivity index (χ3v) is 2.18. The van der Waals surface area contributed by atoms with E-state index in [2.05, 4.69) is 4.98 Å². The van der Waals surface area contributed by atoms with Crippen molar-refractivity contribution in [2.75, 3.05) is 12.3 Å². The number of nitrogens with one attached hydrogen (secondary N) is 1. The summed E-state index contributed by atoms with van der Waals surface area (Å²) in [5, 5.41) is 0.524. The topological polar surface area (TPSA) is 66.5 Å². The summed E-state index contributed by atoms with van der Waals surface area (Å²) in [6.07, 6.45) is 0. The Morgan fingerprint density at radius 1 is 1.75 bits per heavy atom. The highest BCUT2D eigenvalue weighted by Crippen LogP contribution is 2.14. The third-order valence-electron chi connectivity index (χ3n) is 1.34. The number of anilines is 1. The highest BCUT2D eigenvalue weighted by molar-refractivity contribution is 7.15. The number of carbonyl (C=O) groups excluding carboxylic acids is 1. The first-order valence-corrected chi connectivity index (χ1v) is 4.42. The van der Waals surface area contributed by atoms with Gasteiger partial charge in [-0.1, -0.05) is 11.3 Å². The number of H-pyrrole nitrogens is 1. The molecule has 1 aromatic rings. The van der Waals surface area contributed by atoms with Crippen LogP contribution in [0.4, 0.5) is 5.13 Å². The van der Waals surface area contributed by atoms with E-state index in [9.17, 15) is 4.79 Å². The molecule has 0 aromatic carbocycles. The van der Waals surface area contributed by atoms with Gasteiger partial charge in [-0.05, 0) is 13.8 Å². The van der Waals surface area contributed by atoms with Crippen molar-refractivity contribution in [3.05, 3.63) is 10.6 Å². The van der Waals surface area contributed by atoms with E-state index in [0.717, 1.165) is 4.88 Å². The summed E-state index contributed by atoms with van der Waals surface area (Å²) < 4.78 is 4.80. The number of hydrogen-bond donors (Lipinski definition) is 1. The first-order valence-electron chi connectivity index (χ1n) is 3.60. The minimum absolute atomic E-state index is 0.344. The van der Waals surface area contributed by atoms with Crippen LogP contribution < -0.4 is 10.7 Å². The van der Waals surface area contributed by atoms with Gasteiger partial charge >= 0.3 is 11.1 Å². The lowest BCUT2D eigenvalue weighted by Gasteiger charge is -1.95. The maximum atomic E-state index is 11.2. The number of carbonyl (C=O) groups is 1. The summed E-state index contributed by atoms with van der Waals surface area (Å²) in [5.74, 6) is -0.344. The highest BCUT2D eigenvalue weighted by Gasteiger charge is 2.18. The van der Waals surface area contributed by atoms with Gasteiger partial charge in [-0.3, -0.25) is 5.73 Å². The SMILES string of the molecule is CCOC(=O)c1[nH+]c(N)sc1C. The molecule has 3 N–H and O–H groups in total. The van der Waals surface area contributed by atoms with Gasteiger partial charge in [0.1, 0.15) is 0 Å². The molecular weight excluding hydrogens is 176 g/mol. The van der Waals surface area contributed by atoms with Crippen LogP contribution in [0.3, 0.4) is 0 Å². The van der Waals surface area contributed by atoms with Crippen LogP contribution in [0, 0.1) is 6.92 Å². The normalized spacial score (nSPS) is 9.83. The van der Waals surface area contributed by atoms with Crippen LogP contribution >= 0.6 is 11.3 Å². The molecule has 12 heavy (non-hydrogen) atoms. The zero-order valence-electron chi connectivity index (χ0n) is 7.01. The van der Waals surface area contributed by atoms with Gasteiger partial charge in [-0.2, -0.15) is 0 Å². The Bertz CT molecular complexity index is 296. The van der Waals surface area contributed by atoms with E-state index in [4.69, 9.17) is 10.5 Å². The second-order valence-electron chi connectivity index (χ2n) is 2.24. The Kier molecular flexibility index (Phi) is 2.65. The first kappa shape index (κ1) is 8.99. The van der Waals surface area contributed by atoms with Crippen LogP contribution in [0.25, 0.3) is 0 Å². The van der Waals surface area contributed by atoms with Gasteiger partial charge in [0.05, 0.1) is 11.5 Å². The van der Waals surface area contributed by atoms with Crippen molar-refractivity contribution in [3.63, 3.8) is 0 Å². The minimum Gasteiger partial charge on any atom is -0.460 e. The summed E-state index contributed by atoms with van der Waals surface area (Å²) in [4.78, 5) is 14.8. The van der Waals surface area contributed by atoms with Gasteiger partial charge in [0.2, 0.25) is 5.69 Å². The number of aromatic nitrogens is 1. The summed E-state index contributed by atoms with van der Waals surface area (Å²) in [5.41, 5.74) is 5.93. The number of aromatic amines is 1. The zero-order chi connectivity index (χ0) is 9.14. The lowest BCUT2D eigenvalue weighted by molar-refractivity contribution is -0.360. The van der Waals surface area contributed by atoms with Crippen molar-refractivity contribution in [2.24, 2.45) is 0 Å². The fourth-order valence-electron chi connectivity index (χ4n) is 0.851.